The lowest BCUT2D eigenvalue weighted by Crippen LogP contribution is -2.63. The molecule has 0 radical (unpaired) electrons. The molecule has 0 bridgehead atoms. The van der Waals surface area contributed by atoms with E-state index in [9.17, 15) is 4.79 Å². The first kappa shape index (κ1) is 17.8. The van der Waals surface area contributed by atoms with E-state index in [2.05, 4.69) is 14.7 Å². The van der Waals surface area contributed by atoms with Crippen LogP contribution in [-0.4, -0.2) is 92.4 Å². The number of aryl methyl sites for hydroxylation is 1. The van der Waals surface area contributed by atoms with Crippen molar-refractivity contribution in [3.63, 3.8) is 0 Å². The first-order valence-corrected chi connectivity index (χ1v) is 11.0. The number of fused-ring (bicyclic) bond motifs is 1. The van der Waals surface area contributed by atoms with Gasteiger partial charge in [0.25, 0.3) is 0 Å². The van der Waals surface area contributed by atoms with Gasteiger partial charge >= 0.3 is 0 Å². The number of nitrogens with zero attached hydrogens (tertiary/aromatic N) is 4. The van der Waals surface area contributed by atoms with Gasteiger partial charge in [0.15, 0.2) is 5.13 Å². The van der Waals surface area contributed by atoms with Crippen LogP contribution in [0.2, 0.25) is 0 Å². The highest BCUT2D eigenvalue weighted by Crippen LogP contribution is 2.35. The number of morpholine rings is 2. The highest BCUT2D eigenvalue weighted by atomic mass is 32.1. The second-order valence-corrected chi connectivity index (χ2v) is 9.01. The molecule has 1 aromatic rings. The molecule has 0 aromatic carbocycles. The van der Waals surface area contributed by atoms with E-state index in [0.29, 0.717) is 11.9 Å². The fraction of sp³-hybridized carbons (Fsp3) is 0.789. The third kappa shape index (κ3) is 3.60. The third-order valence-corrected chi connectivity index (χ3v) is 7.51. The van der Waals surface area contributed by atoms with Crippen LogP contribution in [0.15, 0.2) is 0 Å². The van der Waals surface area contributed by atoms with Gasteiger partial charge in [0, 0.05) is 62.5 Å². The summed E-state index contributed by atoms with van der Waals surface area (Å²) in [4.78, 5) is 26.1. The number of likely N-dealkylation sites (tertiary alicyclic amines) is 1. The van der Waals surface area contributed by atoms with Crippen LogP contribution in [0, 0.1) is 5.92 Å². The predicted molar refractivity (Wildman–Crippen MR) is 103 cm³/mol. The summed E-state index contributed by atoms with van der Waals surface area (Å²) in [6, 6.07) is 0.532. The first-order valence-electron chi connectivity index (χ1n) is 10.2. The van der Waals surface area contributed by atoms with Crippen molar-refractivity contribution in [2.45, 2.75) is 25.3 Å². The van der Waals surface area contributed by atoms with E-state index in [4.69, 9.17) is 14.5 Å². The van der Waals surface area contributed by atoms with Crippen molar-refractivity contribution in [1.29, 1.82) is 0 Å². The Morgan fingerprint density at radius 3 is 2.48 bits per heavy atom. The van der Waals surface area contributed by atoms with Crippen molar-refractivity contribution in [3.8, 4) is 0 Å². The maximum atomic E-state index is 13.0. The fourth-order valence-corrected chi connectivity index (χ4v) is 5.69. The summed E-state index contributed by atoms with van der Waals surface area (Å²) >= 11 is 1.82. The smallest absolute Gasteiger partial charge is 0.226 e. The molecule has 0 spiro atoms. The number of carbonyl (C=O) groups excluding carboxylic acids is 1. The van der Waals surface area contributed by atoms with Crippen molar-refractivity contribution < 1.29 is 14.3 Å². The standard InChI is InChI=1S/C19H28N4O3S/c24-18(23-12-15(13-23)21-3-7-25-8-4-21)14-1-2-17-16(11-14)20-19(27-17)22-5-9-26-10-6-22/h14-15H,1-13H2. The van der Waals surface area contributed by atoms with Crippen molar-refractivity contribution in [2.75, 3.05) is 70.6 Å². The monoisotopic (exact) mass is 392 g/mol. The van der Waals surface area contributed by atoms with E-state index in [0.717, 1.165) is 95.8 Å². The maximum Gasteiger partial charge on any atom is 0.226 e. The minimum Gasteiger partial charge on any atom is -0.379 e. The number of aromatic nitrogens is 1. The number of rotatable bonds is 3. The number of carbonyl (C=O) groups is 1. The topological polar surface area (TPSA) is 58.1 Å². The summed E-state index contributed by atoms with van der Waals surface area (Å²) in [7, 11) is 0. The number of hydrogen-bond acceptors (Lipinski definition) is 7. The lowest BCUT2D eigenvalue weighted by Gasteiger charge is -2.47. The molecule has 1 aromatic heterocycles. The largest absolute Gasteiger partial charge is 0.379 e. The lowest BCUT2D eigenvalue weighted by atomic mass is 9.88. The summed E-state index contributed by atoms with van der Waals surface area (Å²) in [5, 5.41) is 1.12. The summed E-state index contributed by atoms with van der Waals surface area (Å²) in [5.74, 6) is 0.453. The number of amides is 1. The number of hydrogen-bond donors (Lipinski definition) is 0. The van der Waals surface area contributed by atoms with Crippen LogP contribution in [0.5, 0.6) is 0 Å². The van der Waals surface area contributed by atoms with E-state index < -0.39 is 0 Å². The van der Waals surface area contributed by atoms with Gasteiger partial charge in [-0.3, -0.25) is 9.69 Å². The molecule has 1 amide bonds. The zero-order valence-corrected chi connectivity index (χ0v) is 16.6. The third-order valence-electron chi connectivity index (χ3n) is 6.29. The summed E-state index contributed by atoms with van der Waals surface area (Å²) in [5.41, 5.74) is 1.16. The van der Waals surface area contributed by atoms with Crippen LogP contribution in [-0.2, 0) is 27.1 Å². The lowest BCUT2D eigenvalue weighted by molar-refractivity contribution is -0.144. The van der Waals surface area contributed by atoms with Gasteiger partial charge in [-0.05, 0) is 12.8 Å². The molecule has 5 rings (SSSR count). The van der Waals surface area contributed by atoms with Crippen LogP contribution in [0.3, 0.4) is 0 Å². The van der Waals surface area contributed by atoms with Crippen LogP contribution in [0.25, 0.3) is 0 Å². The predicted octanol–water partition coefficient (Wildman–Crippen LogP) is 0.628. The van der Waals surface area contributed by atoms with Crippen molar-refractivity contribution in [1.82, 2.24) is 14.8 Å². The van der Waals surface area contributed by atoms with Gasteiger partial charge in [0.2, 0.25) is 5.91 Å². The minimum absolute atomic E-state index is 0.114. The van der Waals surface area contributed by atoms with Crippen molar-refractivity contribution >= 4 is 22.4 Å². The Hall–Kier alpha value is -1.22. The highest BCUT2D eigenvalue weighted by molar-refractivity contribution is 7.15. The van der Waals surface area contributed by atoms with Gasteiger partial charge in [0.1, 0.15) is 0 Å². The van der Waals surface area contributed by atoms with E-state index >= 15 is 0 Å². The van der Waals surface area contributed by atoms with Gasteiger partial charge in [-0.25, -0.2) is 4.98 Å². The van der Waals surface area contributed by atoms with E-state index in [-0.39, 0.29) is 5.92 Å². The zero-order chi connectivity index (χ0) is 18.2. The molecule has 3 aliphatic heterocycles. The molecule has 0 N–H and O–H groups in total. The molecule has 4 heterocycles. The van der Waals surface area contributed by atoms with Crippen LogP contribution in [0.4, 0.5) is 5.13 Å². The van der Waals surface area contributed by atoms with Gasteiger partial charge in [0.05, 0.1) is 32.1 Å². The molecule has 7 nitrogen and oxygen atoms in total. The second-order valence-electron chi connectivity index (χ2n) is 7.95. The Balaban J connectivity index is 1.17. The molecule has 0 saturated carbocycles. The zero-order valence-electron chi connectivity index (χ0n) is 15.8. The summed E-state index contributed by atoms with van der Waals surface area (Å²) in [6.45, 7) is 8.84. The molecule has 1 aliphatic carbocycles. The molecule has 3 saturated heterocycles. The Labute approximate surface area is 164 Å². The van der Waals surface area contributed by atoms with Crippen molar-refractivity contribution in [2.24, 2.45) is 5.92 Å². The van der Waals surface area contributed by atoms with Crippen LogP contribution >= 0.6 is 11.3 Å². The molecule has 4 aliphatic rings. The van der Waals surface area contributed by atoms with Gasteiger partial charge in [-0.15, -0.1) is 11.3 Å². The summed E-state index contributed by atoms with van der Waals surface area (Å²) < 4.78 is 10.9. The molecule has 8 heteroatoms. The van der Waals surface area contributed by atoms with E-state index in [1.807, 2.05) is 11.3 Å². The fourth-order valence-electron chi connectivity index (χ4n) is 4.53. The molecular weight excluding hydrogens is 364 g/mol. The number of anilines is 1. The van der Waals surface area contributed by atoms with Gasteiger partial charge in [-0.2, -0.15) is 0 Å². The average molecular weight is 393 g/mol. The SMILES string of the molecule is O=C(C1CCc2sc(N3CCOCC3)nc2C1)N1CC(N2CCOCC2)C1. The van der Waals surface area contributed by atoms with Crippen LogP contribution in [0.1, 0.15) is 17.0 Å². The minimum atomic E-state index is 0.114. The van der Waals surface area contributed by atoms with Crippen LogP contribution < -0.4 is 4.90 Å². The second kappa shape index (κ2) is 7.66. The Morgan fingerprint density at radius 2 is 1.74 bits per heavy atom. The molecule has 27 heavy (non-hydrogen) atoms. The normalized spacial score (nSPS) is 27.3. The number of thiazole rings is 1. The Kier molecular flexibility index (Phi) is 5.06. The van der Waals surface area contributed by atoms with Crippen molar-refractivity contribution in [3.05, 3.63) is 10.6 Å². The number of ether oxygens (including phenoxy) is 2. The van der Waals surface area contributed by atoms with E-state index in [1.165, 1.54) is 4.88 Å². The molecule has 148 valence electrons. The molecular formula is C19H28N4O3S. The average Bonchev–Trinajstić information content (AvgIpc) is 3.11. The Morgan fingerprint density at radius 1 is 1.04 bits per heavy atom. The first-order chi connectivity index (χ1) is 13.3. The Bertz CT molecular complexity index is 678. The molecule has 1 atom stereocenters. The molecule has 3 fully saturated rings. The summed E-state index contributed by atoms with van der Waals surface area (Å²) in [6.07, 6.45) is 2.78. The van der Waals surface area contributed by atoms with E-state index in [1.54, 1.807) is 0 Å². The molecule has 1 unspecified atom stereocenters. The van der Waals surface area contributed by atoms with Gasteiger partial charge < -0.3 is 19.3 Å². The highest BCUT2D eigenvalue weighted by Gasteiger charge is 2.39. The van der Waals surface area contributed by atoms with Gasteiger partial charge in [-0.1, -0.05) is 0 Å². The maximum absolute atomic E-state index is 13.0. The quantitative estimate of drug-likeness (QED) is 0.752.